The van der Waals surface area contributed by atoms with Gasteiger partial charge in [0.15, 0.2) is 0 Å². The number of carbonyl (C=O) groups excluding carboxylic acids is 2. The van der Waals surface area contributed by atoms with E-state index in [0.29, 0.717) is 43.3 Å². The van der Waals surface area contributed by atoms with Gasteiger partial charge in [-0.15, -0.1) is 0 Å². The summed E-state index contributed by atoms with van der Waals surface area (Å²) in [5, 5.41) is 8.94. The van der Waals surface area contributed by atoms with Gasteiger partial charge < -0.3 is 20.3 Å². The molecular formula is C21H24FN5O3. The van der Waals surface area contributed by atoms with E-state index in [0.717, 1.165) is 0 Å². The lowest BCUT2D eigenvalue weighted by atomic mass is 10.1. The standard InChI is InChI=1S/C21H24FN5O3/c1-14(30-13-16-3-4-19(22)17(8-16)9-23)7-20-26-6-5-25(21(29)10-24)11-18(26)12-27(20)15(2)28/h3-4,7-8,18H,1,5-6,10-13,24H2,2H3/b20-7-. The van der Waals surface area contributed by atoms with Crippen molar-refractivity contribution in [2.24, 2.45) is 5.73 Å². The minimum Gasteiger partial charge on any atom is -0.489 e. The first-order chi connectivity index (χ1) is 14.3. The number of carbonyl (C=O) groups is 2. The van der Waals surface area contributed by atoms with Crippen molar-refractivity contribution >= 4 is 11.8 Å². The summed E-state index contributed by atoms with van der Waals surface area (Å²) >= 11 is 0. The number of nitrogens with zero attached hydrogens (tertiary/aromatic N) is 4. The van der Waals surface area contributed by atoms with Crippen LogP contribution in [-0.4, -0.2) is 65.3 Å². The molecule has 1 unspecified atom stereocenters. The Bertz CT molecular complexity index is 939. The lowest BCUT2D eigenvalue weighted by Gasteiger charge is -2.38. The van der Waals surface area contributed by atoms with Gasteiger partial charge in [0.2, 0.25) is 11.8 Å². The largest absolute Gasteiger partial charge is 0.489 e. The normalized spacial score (nSPS) is 19.5. The predicted octanol–water partition coefficient (Wildman–Crippen LogP) is 0.903. The molecule has 2 fully saturated rings. The number of nitriles is 1. The molecule has 0 bridgehead atoms. The van der Waals surface area contributed by atoms with Crippen LogP contribution in [0.25, 0.3) is 0 Å². The first-order valence-corrected chi connectivity index (χ1v) is 9.58. The van der Waals surface area contributed by atoms with Gasteiger partial charge in [-0.1, -0.05) is 12.6 Å². The average molecular weight is 413 g/mol. The predicted molar refractivity (Wildman–Crippen MR) is 107 cm³/mol. The van der Waals surface area contributed by atoms with Crippen LogP contribution in [0, 0.1) is 17.1 Å². The zero-order valence-electron chi connectivity index (χ0n) is 16.8. The lowest BCUT2D eigenvalue weighted by molar-refractivity contribution is -0.131. The number of piperazine rings is 1. The summed E-state index contributed by atoms with van der Waals surface area (Å²) in [6.07, 6.45) is 1.69. The Kier molecular flexibility index (Phi) is 6.37. The van der Waals surface area contributed by atoms with Gasteiger partial charge in [-0.3, -0.25) is 14.5 Å². The van der Waals surface area contributed by atoms with E-state index in [1.165, 1.54) is 25.1 Å². The molecular weight excluding hydrogens is 389 g/mol. The molecule has 30 heavy (non-hydrogen) atoms. The van der Waals surface area contributed by atoms with E-state index < -0.39 is 5.82 Å². The third-order valence-electron chi connectivity index (χ3n) is 5.22. The second kappa shape index (κ2) is 8.97. The van der Waals surface area contributed by atoms with Crippen LogP contribution in [0.15, 0.2) is 42.4 Å². The van der Waals surface area contributed by atoms with Gasteiger partial charge >= 0.3 is 0 Å². The quantitative estimate of drug-likeness (QED) is 0.720. The van der Waals surface area contributed by atoms with Crippen LogP contribution < -0.4 is 5.73 Å². The SMILES string of the molecule is C=C(/C=C1\N(C(C)=O)CC2CN(C(=O)CN)CCN12)OCc1ccc(F)c(C#N)c1. The van der Waals surface area contributed by atoms with Crippen molar-refractivity contribution in [2.75, 3.05) is 32.7 Å². The van der Waals surface area contributed by atoms with Crippen LogP contribution in [-0.2, 0) is 20.9 Å². The molecule has 0 saturated carbocycles. The fourth-order valence-electron chi connectivity index (χ4n) is 3.69. The minimum atomic E-state index is -0.580. The van der Waals surface area contributed by atoms with Crippen molar-refractivity contribution < 1.29 is 18.7 Å². The summed E-state index contributed by atoms with van der Waals surface area (Å²) in [5.74, 6) is 0.209. The summed E-state index contributed by atoms with van der Waals surface area (Å²) in [6, 6.07) is 5.96. The maximum atomic E-state index is 13.5. The number of halogens is 1. The van der Waals surface area contributed by atoms with Crippen LogP contribution in [0.5, 0.6) is 0 Å². The second-order valence-electron chi connectivity index (χ2n) is 7.20. The Labute approximate surface area is 174 Å². The number of hydrogen-bond donors (Lipinski definition) is 1. The van der Waals surface area contributed by atoms with Gasteiger partial charge in [0.1, 0.15) is 30.1 Å². The zero-order valence-corrected chi connectivity index (χ0v) is 16.8. The molecule has 2 saturated heterocycles. The Morgan fingerprint density at radius 3 is 2.83 bits per heavy atom. The summed E-state index contributed by atoms with van der Waals surface area (Å²) in [7, 11) is 0. The first-order valence-electron chi connectivity index (χ1n) is 9.58. The second-order valence-corrected chi connectivity index (χ2v) is 7.20. The minimum absolute atomic E-state index is 0.0208. The molecule has 2 amide bonds. The van der Waals surface area contributed by atoms with Crippen LogP contribution in [0.4, 0.5) is 4.39 Å². The number of hydrogen-bond acceptors (Lipinski definition) is 6. The highest BCUT2D eigenvalue weighted by atomic mass is 19.1. The molecule has 2 N–H and O–H groups in total. The summed E-state index contributed by atoms with van der Waals surface area (Å²) in [4.78, 5) is 29.5. The third kappa shape index (κ3) is 4.44. The molecule has 2 aliphatic rings. The van der Waals surface area contributed by atoms with Gasteiger partial charge in [-0.05, 0) is 17.7 Å². The molecule has 2 aliphatic heterocycles. The molecule has 1 aromatic carbocycles. The van der Waals surface area contributed by atoms with Crippen molar-refractivity contribution in [1.29, 1.82) is 5.26 Å². The van der Waals surface area contributed by atoms with Crippen LogP contribution in [0.2, 0.25) is 0 Å². The number of rotatable bonds is 5. The van der Waals surface area contributed by atoms with Crippen LogP contribution >= 0.6 is 0 Å². The van der Waals surface area contributed by atoms with E-state index >= 15 is 0 Å². The highest BCUT2D eigenvalue weighted by molar-refractivity contribution is 5.78. The van der Waals surface area contributed by atoms with Gasteiger partial charge in [0.05, 0.1) is 18.2 Å². The zero-order chi connectivity index (χ0) is 21.8. The first kappa shape index (κ1) is 21.3. The molecule has 3 rings (SSSR count). The van der Waals surface area contributed by atoms with Crippen LogP contribution in [0.3, 0.4) is 0 Å². The van der Waals surface area contributed by atoms with E-state index in [4.69, 9.17) is 15.7 Å². The molecule has 1 aromatic rings. The number of benzene rings is 1. The Balaban J connectivity index is 1.71. The monoisotopic (exact) mass is 413 g/mol. The van der Waals surface area contributed by atoms with Gasteiger partial charge in [0.25, 0.3) is 0 Å². The molecule has 0 aliphatic carbocycles. The fourth-order valence-corrected chi connectivity index (χ4v) is 3.69. The molecule has 8 nitrogen and oxygen atoms in total. The van der Waals surface area contributed by atoms with E-state index in [1.54, 1.807) is 21.9 Å². The third-order valence-corrected chi connectivity index (χ3v) is 5.22. The van der Waals surface area contributed by atoms with Crippen molar-refractivity contribution in [3.63, 3.8) is 0 Å². The topological polar surface area (TPSA) is 103 Å². The summed E-state index contributed by atoms with van der Waals surface area (Å²) in [6.45, 7) is 7.52. The van der Waals surface area contributed by atoms with Gasteiger partial charge in [-0.25, -0.2) is 4.39 Å². The number of nitrogens with two attached hydrogens (primary N) is 1. The molecule has 9 heteroatoms. The van der Waals surface area contributed by atoms with Gasteiger partial charge in [0, 0.05) is 39.2 Å². The van der Waals surface area contributed by atoms with Crippen molar-refractivity contribution in [3.8, 4) is 6.07 Å². The number of amides is 2. The molecule has 0 radical (unpaired) electrons. The number of ether oxygens (including phenoxy) is 1. The molecule has 0 aromatic heterocycles. The van der Waals surface area contributed by atoms with Crippen molar-refractivity contribution in [2.45, 2.75) is 19.6 Å². The summed E-state index contributed by atoms with van der Waals surface area (Å²) < 4.78 is 19.1. The van der Waals surface area contributed by atoms with Crippen molar-refractivity contribution in [1.82, 2.24) is 14.7 Å². The molecule has 158 valence electrons. The van der Waals surface area contributed by atoms with E-state index in [9.17, 15) is 14.0 Å². The molecule has 1 atom stereocenters. The maximum Gasteiger partial charge on any atom is 0.236 e. The highest BCUT2D eigenvalue weighted by Gasteiger charge is 2.40. The van der Waals surface area contributed by atoms with Gasteiger partial charge in [-0.2, -0.15) is 5.26 Å². The number of allylic oxidation sites excluding steroid dienone is 1. The smallest absolute Gasteiger partial charge is 0.236 e. The maximum absolute atomic E-state index is 13.5. The Morgan fingerprint density at radius 2 is 2.17 bits per heavy atom. The van der Waals surface area contributed by atoms with E-state index in [2.05, 4.69) is 11.5 Å². The van der Waals surface area contributed by atoms with E-state index in [1.807, 2.05) is 0 Å². The lowest BCUT2D eigenvalue weighted by Crippen LogP contribution is -2.53. The van der Waals surface area contributed by atoms with Crippen molar-refractivity contribution in [3.05, 3.63) is 59.4 Å². The van der Waals surface area contributed by atoms with E-state index in [-0.39, 0.29) is 36.6 Å². The molecule has 2 heterocycles. The Morgan fingerprint density at radius 1 is 1.40 bits per heavy atom. The van der Waals surface area contributed by atoms with Crippen LogP contribution in [0.1, 0.15) is 18.1 Å². The highest BCUT2D eigenvalue weighted by Crippen LogP contribution is 2.28. The molecule has 0 spiro atoms. The summed E-state index contributed by atoms with van der Waals surface area (Å²) in [5.41, 5.74) is 6.05. The Hall–Kier alpha value is -3.38. The fraction of sp³-hybridized carbons (Fsp3) is 0.381. The average Bonchev–Trinajstić information content (AvgIpc) is 3.10. The number of fused-ring (bicyclic) bond motifs is 1.